The first-order valence-corrected chi connectivity index (χ1v) is 5.34. The SMILES string of the molecule is Cl.NC(=O)[C@H](N)CCC(=O)OCc1ccccc1. The van der Waals surface area contributed by atoms with E-state index >= 15 is 0 Å². The highest BCUT2D eigenvalue weighted by atomic mass is 35.5. The standard InChI is InChI=1S/C12H16N2O3.ClH/c13-10(12(14)16)6-7-11(15)17-8-9-4-2-1-3-5-9;/h1-5,10H,6-8,13H2,(H2,14,16);1H/t10-;/m1./s1. The van der Waals surface area contributed by atoms with Crippen molar-refractivity contribution in [3.05, 3.63) is 35.9 Å². The topological polar surface area (TPSA) is 95.4 Å². The van der Waals surface area contributed by atoms with Crippen molar-refractivity contribution in [3.8, 4) is 0 Å². The lowest BCUT2D eigenvalue weighted by molar-refractivity contribution is -0.145. The molecule has 1 aromatic carbocycles. The zero-order valence-corrected chi connectivity index (χ0v) is 10.7. The Balaban J connectivity index is 0.00000289. The molecule has 6 heteroatoms. The van der Waals surface area contributed by atoms with Crippen molar-refractivity contribution in [1.29, 1.82) is 0 Å². The summed E-state index contributed by atoms with van der Waals surface area (Å²) in [5.74, 6) is -0.994. The van der Waals surface area contributed by atoms with Gasteiger partial charge >= 0.3 is 5.97 Å². The molecule has 0 spiro atoms. The van der Waals surface area contributed by atoms with Crippen molar-refractivity contribution in [2.45, 2.75) is 25.5 Å². The maximum absolute atomic E-state index is 11.3. The maximum Gasteiger partial charge on any atom is 0.306 e. The predicted octanol–water partition coefficient (Wildman–Crippen LogP) is 0.744. The van der Waals surface area contributed by atoms with E-state index in [1.54, 1.807) is 0 Å². The number of primary amides is 1. The van der Waals surface area contributed by atoms with Gasteiger partial charge in [0, 0.05) is 6.42 Å². The number of ether oxygens (including phenoxy) is 1. The van der Waals surface area contributed by atoms with Crippen LogP contribution < -0.4 is 11.5 Å². The summed E-state index contributed by atoms with van der Waals surface area (Å²) in [5.41, 5.74) is 11.3. The highest BCUT2D eigenvalue weighted by Gasteiger charge is 2.12. The van der Waals surface area contributed by atoms with Crippen LogP contribution in [0.3, 0.4) is 0 Å². The number of hydrogen-bond acceptors (Lipinski definition) is 4. The van der Waals surface area contributed by atoms with Gasteiger partial charge in [-0.2, -0.15) is 0 Å². The fourth-order valence-corrected chi connectivity index (χ4v) is 1.23. The van der Waals surface area contributed by atoms with E-state index in [1.807, 2.05) is 30.3 Å². The number of carbonyl (C=O) groups excluding carboxylic acids is 2. The van der Waals surface area contributed by atoms with Gasteiger partial charge < -0.3 is 16.2 Å². The van der Waals surface area contributed by atoms with Gasteiger partial charge in [0.1, 0.15) is 6.61 Å². The van der Waals surface area contributed by atoms with Crippen LogP contribution in [0.5, 0.6) is 0 Å². The molecule has 0 bridgehead atoms. The van der Waals surface area contributed by atoms with Gasteiger partial charge in [-0.05, 0) is 12.0 Å². The van der Waals surface area contributed by atoms with Gasteiger partial charge in [0.2, 0.25) is 5.91 Å². The summed E-state index contributed by atoms with van der Waals surface area (Å²) in [4.78, 5) is 21.9. The van der Waals surface area contributed by atoms with E-state index in [-0.39, 0.29) is 37.8 Å². The first-order chi connectivity index (χ1) is 8.09. The van der Waals surface area contributed by atoms with Crippen molar-refractivity contribution < 1.29 is 14.3 Å². The third kappa shape index (κ3) is 6.22. The minimum Gasteiger partial charge on any atom is -0.461 e. The number of nitrogens with two attached hydrogens (primary N) is 2. The zero-order valence-electron chi connectivity index (χ0n) is 9.87. The molecule has 0 unspecified atom stereocenters. The summed E-state index contributed by atoms with van der Waals surface area (Å²) < 4.78 is 5.01. The lowest BCUT2D eigenvalue weighted by Crippen LogP contribution is -2.36. The van der Waals surface area contributed by atoms with Crippen LogP contribution in [0.1, 0.15) is 18.4 Å². The Kier molecular flexibility index (Phi) is 7.74. The third-order valence-electron chi connectivity index (χ3n) is 2.27. The normalized spacial score (nSPS) is 11.2. The van der Waals surface area contributed by atoms with Gasteiger partial charge in [-0.15, -0.1) is 12.4 Å². The van der Waals surface area contributed by atoms with Crippen molar-refractivity contribution in [2.75, 3.05) is 0 Å². The van der Waals surface area contributed by atoms with Crippen LogP contribution in [0.15, 0.2) is 30.3 Å². The van der Waals surface area contributed by atoms with Gasteiger partial charge in [-0.3, -0.25) is 9.59 Å². The molecule has 0 aromatic heterocycles. The molecule has 4 N–H and O–H groups in total. The Morgan fingerprint density at radius 1 is 1.22 bits per heavy atom. The molecule has 1 atom stereocenters. The number of carbonyl (C=O) groups is 2. The predicted molar refractivity (Wildman–Crippen MR) is 69.9 cm³/mol. The molecule has 18 heavy (non-hydrogen) atoms. The Hall–Kier alpha value is -1.59. The van der Waals surface area contributed by atoms with Crippen molar-refractivity contribution in [2.24, 2.45) is 11.5 Å². The molecule has 0 aliphatic heterocycles. The second-order valence-electron chi connectivity index (χ2n) is 3.69. The molecule has 0 fully saturated rings. The second-order valence-corrected chi connectivity index (χ2v) is 3.69. The summed E-state index contributed by atoms with van der Waals surface area (Å²) in [5, 5.41) is 0. The smallest absolute Gasteiger partial charge is 0.306 e. The molecular formula is C12H17ClN2O3. The maximum atomic E-state index is 11.3. The highest BCUT2D eigenvalue weighted by molar-refractivity contribution is 5.85. The Morgan fingerprint density at radius 3 is 2.39 bits per heavy atom. The van der Waals surface area contributed by atoms with Crippen LogP contribution in [-0.2, 0) is 20.9 Å². The molecular weight excluding hydrogens is 256 g/mol. The molecule has 0 saturated heterocycles. The Morgan fingerprint density at radius 2 is 1.83 bits per heavy atom. The third-order valence-corrected chi connectivity index (χ3v) is 2.27. The monoisotopic (exact) mass is 272 g/mol. The summed E-state index contributed by atoms with van der Waals surface area (Å²) in [6.07, 6.45) is 0.305. The molecule has 0 heterocycles. The van der Waals surface area contributed by atoms with Crippen molar-refractivity contribution in [1.82, 2.24) is 0 Å². The van der Waals surface area contributed by atoms with Gasteiger partial charge in [0.15, 0.2) is 0 Å². The average Bonchev–Trinajstić information content (AvgIpc) is 2.34. The van der Waals surface area contributed by atoms with E-state index in [1.165, 1.54) is 0 Å². The number of rotatable bonds is 6. The van der Waals surface area contributed by atoms with E-state index in [9.17, 15) is 9.59 Å². The molecule has 0 aliphatic rings. The first kappa shape index (κ1) is 16.4. The van der Waals surface area contributed by atoms with Gasteiger partial charge in [0.25, 0.3) is 0 Å². The van der Waals surface area contributed by atoms with E-state index in [0.717, 1.165) is 5.56 Å². The van der Waals surface area contributed by atoms with Crippen LogP contribution in [-0.4, -0.2) is 17.9 Å². The molecule has 100 valence electrons. The molecule has 1 rings (SSSR count). The highest BCUT2D eigenvalue weighted by Crippen LogP contribution is 2.03. The van der Waals surface area contributed by atoms with Crippen molar-refractivity contribution >= 4 is 24.3 Å². The molecule has 1 amide bonds. The van der Waals surface area contributed by atoms with Crippen LogP contribution in [0, 0.1) is 0 Å². The number of esters is 1. The minimum atomic E-state index is -0.792. The lowest BCUT2D eigenvalue weighted by Gasteiger charge is -2.07. The average molecular weight is 273 g/mol. The molecule has 0 saturated carbocycles. The zero-order chi connectivity index (χ0) is 12.7. The van der Waals surface area contributed by atoms with Crippen LogP contribution in [0.2, 0.25) is 0 Å². The lowest BCUT2D eigenvalue weighted by atomic mass is 10.1. The summed E-state index contributed by atoms with van der Waals surface area (Å²) in [6.45, 7) is 0.228. The van der Waals surface area contributed by atoms with Crippen LogP contribution in [0.4, 0.5) is 0 Å². The first-order valence-electron chi connectivity index (χ1n) is 5.34. The molecule has 1 aromatic rings. The van der Waals surface area contributed by atoms with E-state index in [2.05, 4.69) is 0 Å². The molecule has 5 nitrogen and oxygen atoms in total. The minimum absolute atomic E-state index is 0. The van der Waals surface area contributed by atoms with Gasteiger partial charge in [-0.25, -0.2) is 0 Å². The summed E-state index contributed by atoms with van der Waals surface area (Å²) >= 11 is 0. The number of hydrogen-bond donors (Lipinski definition) is 2. The van der Waals surface area contributed by atoms with Gasteiger partial charge in [-0.1, -0.05) is 30.3 Å². The largest absolute Gasteiger partial charge is 0.461 e. The Labute approximate surface area is 112 Å². The summed E-state index contributed by atoms with van der Waals surface area (Å²) in [6, 6.07) is 8.56. The second kappa shape index (κ2) is 8.49. The molecule has 0 aliphatic carbocycles. The van der Waals surface area contributed by atoms with Crippen molar-refractivity contribution in [3.63, 3.8) is 0 Å². The van der Waals surface area contributed by atoms with Crippen LogP contribution >= 0.6 is 12.4 Å². The summed E-state index contributed by atoms with van der Waals surface area (Å²) in [7, 11) is 0. The van der Waals surface area contributed by atoms with Crippen LogP contribution in [0.25, 0.3) is 0 Å². The fourth-order valence-electron chi connectivity index (χ4n) is 1.23. The fraction of sp³-hybridized carbons (Fsp3) is 0.333. The Bertz CT molecular complexity index is 384. The number of halogens is 1. The van der Waals surface area contributed by atoms with E-state index in [0.29, 0.717) is 0 Å². The quantitative estimate of drug-likeness (QED) is 0.747. The van der Waals surface area contributed by atoms with Gasteiger partial charge in [0.05, 0.1) is 6.04 Å². The number of benzene rings is 1. The van der Waals surface area contributed by atoms with E-state index in [4.69, 9.17) is 16.2 Å². The number of amides is 1. The molecule has 0 radical (unpaired) electrons. The van der Waals surface area contributed by atoms with E-state index < -0.39 is 11.9 Å².